The molecule has 114 valence electrons. The number of hydrogen-bond donors (Lipinski definition) is 1. The highest BCUT2D eigenvalue weighted by atomic mass is 32.2. The third-order valence-electron chi connectivity index (χ3n) is 3.23. The Hall–Kier alpha value is -1.40. The van der Waals surface area contributed by atoms with Crippen LogP contribution in [0.2, 0.25) is 0 Å². The summed E-state index contributed by atoms with van der Waals surface area (Å²) >= 11 is 0.573. The summed E-state index contributed by atoms with van der Waals surface area (Å²) in [7, 11) is 1.90. The average Bonchev–Trinajstić information content (AvgIpc) is 2.84. The van der Waals surface area contributed by atoms with E-state index in [2.05, 4.69) is 17.3 Å². The lowest BCUT2D eigenvalue weighted by Crippen LogP contribution is -2.21. The molecule has 0 aliphatic heterocycles. The molecule has 1 aromatic carbocycles. The van der Waals surface area contributed by atoms with E-state index in [-0.39, 0.29) is 6.04 Å². The largest absolute Gasteiger partial charge is 0.310 e. The van der Waals surface area contributed by atoms with Crippen LogP contribution in [0.25, 0.3) is 0 Å². The summed E-state index contributed by atoms with van der Waals surface area (Å²) in [5.74, 6) is -2.37. The van der Waals surface area contributed by atoms with Gasteiger partial charge in [0, 0.05) is 24.2 Å². The number of benzene rings is 1. The Bertz CT molecular complexity index is 554. The Labute approximate surface area is 127 Å². The summed E-state index contributed by atoms with van der Waals surface area (Å²) in [4.78, 5) is 0.594. The van der Waals surface area contributed by atoms with Crippen LogP contribution >= 0.6 is 11.8 Å². The van der Waals surface area contributed by atoms with Crippen LogP contribution < -0.4 is 5.32 Å². The molecule has 0 amide bonds. The van der Waals surface area contributed by atoms with Gasteiger partial charge in [0.2, 0.25) is 0 Å². The SMILES string of the molecule is C[C@@H](NCCc1cnn(C)c1)c1ccc(SC(F)F)cc1. The van der Waals surface area contributed by atoms with Gasteiger partial charge in [-0.25, -0.2) is 0 Å². The second kappa shape index (κ2) is 7.56. The fourth-order valence-corrected chi connectivity index (χ4v) is 2.59. The number of hydrogen-bond acceptors (Lipinski definition) is 3. The molecule has 2 aromatic rings. The minimum absolute atomic E-state index is 0.187. The number of halogens is 2. The highest BCUT2D eigenvalue weighted by Gasteiger charge is 2.08. The van der Waals surface area contributed by atoms with Crippen molar-refractivity contribution in [3.05, 3.63) is 47.8 Å². The summed E-state index contributed by atoms with van der Waals surface area (Å²) in [6, 6.07) is 7.46. The van der Waals surface area contributed by atoms with Gasteiger partial charge in [0.15, 0.2) is 0 Å². The summed E-state index contributed by atoms with van der Waals surface area (Å²) in [6.45, 7) is 2.92. The van der Waals surface area contributed by atoms with Crippen molar-refractivity contribution in [1.29, 1.82) is 0 Å². The Kier molecular flexibility index (Phi) is 5.76. The molecule has 0 bridgehead atoms. The quantitative estimate of drug-likeness (QED) is 0.792. The lowest BCUT2D eigenvalue weighted by molar-refractivity contribution is 0.252. The normalized spacial score (nSPS) is 12.8. The lowest BCUT2D eigenvalue weighted by atomic mass is 10.1. The van der Waals surface area contributed by atoms with Crippen LogP contribution in [-0.2, 0) is 13.5 Å². The van der Waals surface area contributed by atoms with Gasteiger partial charge in [0.25, 0.3) is 5.76 Å². The summed E-state index contributed by atoms with van der Waals surface area (Å²) in [5.41, 5.74) is 2.29. The van der Waals surface area contributed by atoms with Gasteiger partial charge in [-0.3, -0.25) is 4.68 Å². The highest BCUT2D eigenvalue weighted by molar-refractivity contribution is 7.99. The first-order valence-electron chi connectivity index (χ1n) is 6.80. The van der Waals surface area contributed by atoms with Gasteiger partial charge >= 0.3 is 0 Å². The molecule has 0 saturated carbocycles. The number of aryl methyl sites for hydroxylation is 1. The molecule has 21 heavy (non-hydrogen) atoms. The molecule has 1 heterocycles. The zero-order chi connectivity index (χ0) is 15.2. The Morgan fingerprint density at radius 3 is 2.57 bits per heavy atom. The summed E-state index contributed by atoms with van der Waals surface area (Å²) < 4.78 is 26.3. The van der Waals surface area contributed by atoms with Crippen LogP contribution in [-0.4, -0.2) is 22.1 Å². The van der Waals surface area contributed by atoms with E-state index in [0.717, 1.165) is 18.5 Å². The molecular weight excluding hydrogens is 292 g/mol. The van der Waals surface area contributed by atoms with Crippen LogP contribution in [0, 0.1) is 0 Å². The van der Waals surface area contributed by atoms with Crippen LogP contribution in [0.5, 0.6) is 0 Å². The zero-order valence-electron chi connectivity index (χ0n) is 12.1. The van der Waals surface area contributed by atoms with Gasteiger partial charge in [-0.15, -0.1) is 0 Å². The molecule has 0 aliphatic carbocycles. The molecular formula is C15H19F2N3S. The molecule has 0 fully saturated rings. The fourth-order valence-electron chi connectivity index (χ4n) is 2.09. The predicted molar refractivity (Wildman–Crippen MR) is 81.6 cm³/mol. The van der Waals surface area contributed by atoms with Crippen LogP contribution in [0.1, 0.15) is 24.1 Å². The number of alkyl halides is 2. The molecule has 0 spiro atoms. The van der Waals surface area contributed by atoms with Crippen molar-refractivity contribution in [3.8, 4) is 0 Å². The maximum atomic E-state index is 12.3. The van der Waals surface area contributed by atoms with E-state index in [9.17, 15) is 8.78 Å². The van der Waals surface area contributed by atoms with Gasteiger partial charge < -0.3 is 5.32 Å². The first-order valence-corrected chi connectivity index (χ1v) is 7.68. The van der Waals surface area contributed by atoms with Crippen molar-refractivity contribution in [3.63, 3.8) is 0 Å². The number of nitrogens with one attached hydrogen (secondary N) is 1. The Morgan fingerprint density at radius 2 is 2.00 bits per heavy atom. The van der Waals surface area contributed by atoms with Gasteiger partial charge in [0.1, 0.15) is 0 Å². The van der Waals surface area contributed by atoms with Gasteiger partial charge in [0.05, 0.1) is 6.20 Å². The number of nitrogens with zero attached hydrogens (tertiary/aromatic N) is 2. The molecule has 0 aliphatic rings. The number of thioether (sulfide) groups is 1. The second-order valence-corrected chi connectivity index (χ2v) is 5.96. The van der Waals surface area contributed by atoms with E-state index in [1.165, 1.54) is 5.56 Å². The Morgan fingerprint density at radius 1 is 1.29 bits per heavy atom. The van der Waals surface area contributed by atoms with Crippen LogP contribution in [0.4, 0.5) is 8.78 Å². The third kappa shape index (κ3) is 5.13. The topological polar surface area (TPSA) is 29.9 Å². The second-order valence-electron chi connectivity index (χ2n) is 4.90. The van der Waals surface area contributed by atoms with Crippen LogP contribution in [0.3, 0.4) is 0 Å². The predicted octanol–water partition coefficient (Wildman–Crippen LogP) is 3.63. The molecule has 0 saturated heterocycles. The number of rotatable bonds is 7. The highest BCUT2D eigenvalue weighted by Crippen LogP contribution is 2.26. The van der Waals surface area contributed by atoms with E-state index in [1.54, 1.807) is 16.8 Å². The van der Waals surface area contributed by atoms with Crippen molar-refractivity contribution < 1.29 is 8.78 Å². The zero-order valence-corrected chi connectivity index (χ0v) is 12.9. The maximum Gasteiger partial charge on any atom is 0.288 e. The van der Waals surface area contributed by atoms with E-state index >= 15 is 0 Å². The summed E-state index contributed by atoms with van der Waals surface area (Å²) in [6.07, 6.45) is 4.78. The molecule has 1 N–H and O–H groups in total. The molecule has 3 nitrogen and oxygen atoms in total. The molecule has 1 atom stereocenters. The summed E-state index contributed by atoms with van der Waals surface area (Å²) in [5, 5.41) is 7.56. The minimum Gasteiger partial charge on any atom is -0.310 e. The van der Waals surface area contributed by atoms with Crippen molar-refractivity contribution in [2.45, 2.75) is 30.0 Å². The first kappa shape index (κ1) is 16.0. The molecule has 1 aromatic heterocycles. The van der Waals surface area contributed by atoms with Gasteiger partial charge in [-0.05, 0) is 43.1 Å². The van der Waals surface area contributed by atoms with Gasteiger partial charge in [-0.1, -0.05) is 23.9 Å². The maximum absolute atomic E-state index is 12.3. The molecule has 6 heteroatoms. The fraction of sp³-hybridized carbons (Fsp3) is 0.400. The van der Waals surface area contributed by atoms with Crippen LogP contribution in [0.15, 0.2) is 41.6 Å². The van der Waals surface area contributed by atoms with E-state index < -0.39 is 5.76 Å². The van der Waals surface area contributed by atoms with Crippen molar-refractivity contribution >= 4 is 11.8 Å². The van der Waals surface area contributed by atoms with Crippen molar-refractivity contribution in [2.24, 2.45) is 7.05 Å². The molecule has 2 rings (SSSR count). The third-order valence-corrected chi connectivity index (χ3v) is 3.95. The van der Waals surface area contributed by atoms with E-state index in [0.29, 0.717) is 16.7 Å². The van der Waals surface area contributed by atoms with E-state index in [4.69, 9.17) is 0 Å². The smallest absolute Gasteiger partial charge is 0.288 e. The Balaban J connectivity index is 1.81. The monoisotopic (exact) mass is 311 g/mol. The minimum atomic E-state index is -2.37. The average molecular weight is 311 g/mol. The number of aromatic nitrogens is 2. The van der Waals surface area contributed by atoms with Crippen molar-refractivity contribution in [1.82, 2.24) is 15.1 Å². The van der Waals surface area contributed by atoms with Gasteiger partial charge in [-0.2, -0.15) is 13.9 Å². The standard InChI is InChI=1S/C15H19F2N3S/c1-11(18-8-7-12-9-19-20(2)10-12)13-3-5-14(6-4-13)21-15(16)17/h3-6,9-11,15,18H,7-8H2,1-2H3/t11-/m1/s1. The first-order chi connectivity index (χ1) is 10.0. The molecule has 0 radical (unpaired) electrons. The van der Waals surface area contributed by atoms with Crippen molar-refractivity contribution in [2.75, 3.05) is 6.54 Å². The molecule has 0 unspecified atom stereocenters. The van der Waals surface area contributed by atoms with E-state index in [1.807, 2.05) is 31.6 Å². The lowest BCUT2D eigenvalue weighted by Gasteiger charge is -2.14.